The van der Waals surface area contributed by atoms with Crippen LogP contribution in [0.1, 0.15) is 21.5 Å². The van der Waals surface area contributed by atoms with E-state index in [0.29, 0.717) is 0 Å². The normalized spacial score (nSPS) is 11.0. The van der Waals surface area contributed by atoms with E-state index < -0.39 is 59.5 Å². The van der Waals surface area contributed by atoms with E-state index in [1.54, 1.807) is 0 Å². The monoisotopic (exact) mass is 467 g/mol. The van der Waals surface area contributed by atoms with E-state index >= 15 is 0 Å². The zero-order valence-electron chi connectivity index (χ0n) is 17.0. The van der Waals surface area contributed by atoms with Gasteiger partial charge in [-0.15, -0.1) is 6.42 Å². The lowest BCUT2D eigenvalue weighted by Crippen LogP contribution is -2.34. The fourth-order valence-electron chi connectivity index (χ4n) is 2.39. The SMILES string of the molecule is C#Cc1ccc(Nc2c(C(=O)NOC(CO)CO)cc(C=NOCCO)c(F)c2F)c(F)c1. The molecule has 9 nitrogen and oxygen atoms in total. The average Bonchev–Trinajstić information content (AvgIpc) is 2.82. The van der Waals surface area contributed by atoms with Gasteiger partial charge in [0.2, 0.25) is 0 Å². The van der Waals surface area contributed by atoms with Crippen molar-refractivity contribution in [2.75, 3.05) is 31.7 Å². The molecule has 0 aliphatic rings. The van der Waals surface area contributed by atoms with Crippen LogP contribution in [0, 0.1) is 29.8 Å². The molecule has 2 aromatic rings. The first-order valence-electron chi connectivity index (χ1n) is 9.35. The summed E-state index contributed by atoms with van der Waals surface area (Å²) in [6.07, 6.45) is 4.78. The van der Waals surface area contributed by atoms with Gasteiger partial charge in [0.1, 0.15) is 18.5 Å². The number of nitrogens with zero attached hydrogens (tertiary/aromatic N) is 1. The fraction of sp³-hybridized carbons (Fsp3) is 0.238. The molecule has 176 valence electrons. The maximum atomic E-state index is 14.9. The van der Waals surface area contributed by atoms with Gasteiger partial charge in [-0.05, 0) is 24.3 Å². The summed E-state index contributed by atoms with van der Waals surface area (Å²) in [7, 11) is 0. The number of carbonyl (C=O) groups excluding carboxylic acids is 1. The second-order valence-corrected chi connectivity index (χ2v) is 6.31. The van der Waals surface area contributed by atoms with Crippen molar-refractivity contribution in [1.29, 1.82) is 0 Å². The van der Waals surface area contributed by atoms with Crippen molar-refractivity contribution in [2.45, 2.75) is 6.10 Å². The Hall–Kier alpha value is -3.63. The summed E-state index contributed by atoms with van der Waals surface area (Å²) < 4.78 is 43.9. The molecular formula is C21H20F3N3O6. The second kappa shape index (κ2) is 12.4. The smallest absolute Gasteiger partial charge is 0.277 e. The Labute approximate surface area is 186 Å². The molecule has 0 saturated heterocycles. The van der Waals surface area contributed by atoms with Crippen LogP contribution in [-0.2, 0) is 9.68 Å². The predicted molar refractivity (Wildman–Crippen MR) is 111 cm³/mol. The molecule has 12 heteroatoms. The minimum Gasteiger partial charge on any atom is -0.393 e. The van der Waals surface area contributed by atoms with Crippen LogP contribution in [-0.4, -0.2) is 60.0 Å². The fourth-order valence-corrected chi connectivity index (χ4v) is 2.39. The van der Waals surface area contributed by atoms with Crippen LogP contribution in [0.15, 0.2) is 29.4 Å². The number of rotatable bonds is 11. The highest BCUT2D eigenvalue weighted by Crippen LogP contribution is 2.30. The van der Waals surface area contributed by atoms with Crippen molar-refractivity contribution < 1.29 is 43.0 Å². The Bertz CT molecular complexity index is 1050. The first-order valence-corrected chi connectivity index (χ1v) is 9.35. The first kappa shape index (κ1) is 25.6. The van der Waals surface area contributed by atoms with Crippen molar-refractivity contribution in [1.82, 2.24) is 5.48 Å². The first-order chi connectivity index (χ1) is 15.9. The number of aliphatic hydroxyl groups excluding tert-OH is 3. The Kier molecular flexibility index (Phi) is 9.64. The van der Waals surface area contributed by atoms with E-state index in [2.05, 4.69) is 21.2 Å². The van der Waals surface area contributed by atoms with E-state index in [0.717, 1.165) is 18.3 Å². The Morgan fingerprint density at radius 3 is 2.52 bits per heavy atom. The lowest BCUT2D eigenvalue weighted by molar-refractivity contribution is -0.0618. The summed E-state index contributed by atoms with van der Waals surface area (Å²) in [5, 5.41) is 32.4. The Morgan fingerprint density at radius 2 is 1.91 bits per heavy atom. The third kappa shape index (κ3) is 6.67. The largest absolute Gasteiger partial charge is 0.393 e. The van der Waals surface area contributed by atoms with Gasteiger partial charge in [0.05, 0.1) is 43.0 Å². The standard InChI is InChI=1S/C21H20F3N3O6/c1-2-12-3-4-17(16(22)7-12)26-20-15(21(31)27-33-14(10-29)11-30)8-13(18(23)19(20)24)9-25-32-6-5-28/h1,3-4,7-9,14,26,28-30H,5-6,10-11H2,(H,27,31). The van der Waals surface area contributed by atoms with Crippen molar-refractivity contribution in [2.24, 2.45) is 5.16 Å². The molecule has 0 atom stereocenters. The number of anilines is 2. The highest BCUT2D eigenvalue weighted by Gasteiger charge is 2.24. The number of amides is 1. The third-order valence-corrected chi connectivity index (χ3v) is 4.05. The molecule has 0 spiro atoms. The molecule has 2 rings (SSSR count). The number of carbonyl (C=O) groups is 1. The number of benzene rings is 2. The molecule has 33 heavy (non-hydrogen) atoms. The van der Waals surface area contributed by atoms with Gasteiger partial charge < -0.3 is 25.5 Å². The van der Waals surface area contributed by atoms with Crippen molar-refractivity contribution in [3.8, 4) is 12.3 Å². The van der Waals surface area contributed by atoms with Crippen LogP contribution >= 0.6 is 0 Å². The lowest BCUT2D eigenvalue weighted by atomic mass is 10.1. The highest BCUT2D eigenvalue weighted by molar-refractivity contribution is 6.01. The molecule has 0 saturated carbocycles. The molecular weight excluding hydrogens is 447 g/mol. The van der Waals surface area contributed by atoms with E-state index in [1.165, 1.54) is 12.1 Å². The average molecular weight is 467 g/mol. The van der Waals surface area contributed by atoms with Gasteiger partial charge in [0, 0.05) is 11.1 Å². The molecule has 0 bridgehead atoms. The summed E-state index contributed by atoms with van der Waals surface area (Å²) >= 11 is 0. The van der Waals surface area contributed by atoms with Crippen molar-refractivity contribution in [3.63, 3.8) is 0 Å². The van der Waals surface area contributed by atoms with Gasteiger partial charge >= 0.3 is 0 Å². The number of halogens is 3. The maximum Gasteiger partial charge on any atom is 0.277 e. The summed E-state index contributed by atoms with van der Waals surface area (Å²) in [5.41, 5.74) is 0.00399. The zero-order chi connectivity index (χ0) is 24.4. The maximum absolute atomic E-state index is 14.9. The summed E-state index contributed by atoms with van der Waals surface area (Å²) in [4.78, 5) is 22.0. The van der Waals surface area contributed by atoms with E-state index in [9.17, 15) is 18.0 Å². The van der Waals surface area contributed by atoms with Gasteiger partial charge in [-0.3, -0.25) is 9.63 Å². The summed E-state index contributed by atoms with van der Waals surface area (Å²) in [6, 6.07) is 4.37. The molecule has 2 aromatic carbocycles. The molecule has 0 fully saturated rings. The van der Waals surface area contributed by atoms with Gasteiger partial charge in [0.15, 0.2) is 11.6 Å². The molecule has 0 aliphatic carbocycles. The van der Waals surface area contributed by atoms with Crippen molar-refractivity contribution in [3.05, 3.63) is 58.4 Å². The summed E-state index contributed by atoms with van der Waals surface area (Å²) in [5.74, 6) is -2.77. The van der Waals surface area contributed by atoms with Crippen LogP contribution in [0.3, 0.4) is 0 Å². The van der Waals surface area contributed by atoms with Crippen molar-refractivity contribution >= 4 is 23.5 Å². The third-order valence-electron chi connectivity index (χ3n) is 4.05. The van der Waals surface area contributed by atoms with Gasteiger partial charge in [-0.1, -0.05) is 11.1 Å². The number of terminal acetylenes is 1. The van der Waals surface area contributed by atoms with Crippen LogP contribution in [0.4, 0.5) is 24.5 Å². The number of hydroxylamine groups is 1. The van der Waals surface area contributed by atoms with Gasteiger partial charge in [-0.25, -0.2) is 18.7 Å². The Morgan fingerprint density at radius 1 is 1.18 bits per heavy atom. The predicted octanol–water partition coefficient (Wildman–Crippen LogP) is 1.19. The highest BCUT2D eigenvalue weighted by atomic mass is 19.2. The van der Waals surface area contributed by atoms with Crippen LogP contribution in [0.5, 0.6) is 0 Å². The Balaban J connectivity index is 2.49. The minimum absolute atomic E-state index is 0.199. The molecule has 1 amide bonds. The molecule has 5 N–H and O–H groups in total. The molecule has 0 aliphatic heterocycles. The molecule has 0 radical (unpaired) electrons. The number of aliphatic hydroxyl groups is 3. The van der Waals surface area contributed by atoms with E-state index in [-0.39, 0.29) is 24.5 Å². The number of oxime groups is 1. The quantitative estimate of drug-likeness (QED) is 0.145. The van der Waals surface area contributed by atoms with Gasteiger partial charge in [0.25, 0.3) is 5.91 Å². The lowest BCUT2D eigenvalue weighted by Gasteiger charge is -2.17. The molecule has 0 aromatic heterocycles. The second-order valence-electron chi connectivity index (χ2n) is 6.31. The van der Waals surface area contributed by atoms with Gasteiger partial charge in [-0.2, -0.15) is 0 Å². The number of hydrogen-bond donors (Lipinski definition) is 5. The summed E-state index contributed by atoms with van der Waals surface area (Å²) in [6.45, 7) is -1.87. The number of nitrogens with one attached hydrogen (secondary N) is 2. The van der Waals surface area contributed by atoms with Crippen LogP contribution in [0.2, 0.25) is 0 Å². The minimum atomic E-state index is -1.55. The topological polar surface area (TPSA) is 133 Å². The van der Waals surface area contributed by atoms with Crippen LogP contribution in [0.25, 0.3) is 0 Å². The molecule has 0 unspecified atom stereocenters. The van der Waals surface area contributed by atoms with Crippen LogP contribution < -0.4 is 10.8 Å². The zero-order valence-corrected chi connectivity index (χ0v) is 17.0. The number of hydrogen-bond acceptors (Lipinski definition) is 8. The van der Waals surface area contributed by atoms with E-state index in [1.807, 2.05) is 5.48 Å². The van der Waals surface area contributed by atoms with E-state index in [4.69, 9.17) is 26.6 Å². The molecule has 0 heterocycles.